The highest BCUT2D eigenvalue weighted by Crippen LogP contribution is 2.32. The molecule has 10 heteroatoms. The Morgan fingerprint density at radius 1 is 0.972 bits per heavy atom. The number of amides is 1. The molecule has 6 rings (SSSR count). The van der Waals surface area contributed by atoms with E-state index in [0.717, 1.165) is 16.9 Å². The molecule has 5 heterocycles. The average molecular weight is 474 g/mol. The molecule has 0 atom stereocenters. The minimum Gasteiger partial charge on any atom is -0.361 e. The Labute approximate surface area is 203 Å². The number of pyridine rings is 2. The fraction of sp³-hybridized carbons (Fsp3) is 0. The Bertz CT molecular complexity index is 1800. The van der Waals surface area contributed by atoms with Crippen LogP contribution in [0, 0.1) is 12.4 Å². The van der Waals surface area contributed by atoms with Gasteiger partial charge in [-0.15, -0.1) is 4.98 Å². The average Bonchev–Trinajstić information content (AvgIpc) is 3.49. The molecule has 0 saturated carbocycles. The summed E-state index contributed by atoms with van der Waals surface area (Å²) < 4.78 is 17.0. The lowest BCUT2D eigenvalue weighted by Gasteiger charge is -2.05. The number of aromatic nitrogens is 6. The van der Waals surface area contributed by atoms with Gasteiger partial charge in [-0.25, -0.2) is 18.9 Å². The summed E-state index contributed by atoms with van der Waals surface area (Å²) in [6.45, 7) is 6.97. The van der Waals surface area contributed by atoms with Crippen LogP contribution in [0.2, 0.25) is 0 Å². The van der Waals surface area contributed by atoms with Gasteiger partial charge in [0, 0.05) is 11.8 Å². The number of hydrogen-bond donors (Lipinski definition) is 1. The molecular formula is C26H15FN8O. The van der Waals surface area contributed by atoms with Crippen molar-refractivity contribution in [1.82, 2.24) is 29.0 Å². The second-order valence-electron chi connectivity index (χ2n) is 7.86. The van der Waals surface area contributed by atoms with Crippen LogP contribution in [0.15, 0.2) is 85.3 Å². The van der Waals surface area contributed by atoms with E-state index in [9.17, 15) is 9.18 Å². The smallest absolute Gasteiger partial charge is 0.269 e. The van der Waals surface area contributed by atoms with E-state index in [0.29, 0.717) is 28.4 Å². The van der Waals surface area contributed by atoms with E-state index >= 15 is 0 Å². The molecule has 1 aromatic carbocycles. The summed E-state index contributed by atoms with van der Waals surface area (Å²) >= 11 is 0. The zero-order chi connectivity index (χ0) is 24.6. The van der Waals surface area contributed by atoms with Crippen LogP contribution in [0.5, 0.6) is 0 Å². The number of carbonyl (C=O) groups excluding carboxylic acids is 1. The van der Waals surface area contributed by atoms with Crippen molar-refractivity contribution >= 4 is 28.8 Å². The van der Waals surface area contributed by atoms with Gasteiger partial charge in [0.25, 0.3) is 11.7 Å². The highest BCUT2D eigenvalue weighted by atomic mass is 19.1. The molecule has 5 aromatic heterocycles. The molecular weight excluding hydrogens is 459 g/mol. The first-order valence-electron chi connectivity index (χ1n) is 10.8. The normalized spacial score (nSPS) is 11.0. The molecule has 9 nitrogen and oxygen atoms in total. The van der Waals surface area contributed by atoms with Crippen molar-refractivity contribution in [2.24, 2.45) is 0 Å². The lowest BCUT2D eigenvalue weighted by atomic mass is 10.1. The number of anilines is 1. The molecule has 6 aromatic rings. The molecule has 0 spiro atoms. The van der Waals surface area contributed by atoms with Crippen molar-refractivity contribution in [3.63, 3.8) is 0 Å². The van der Waals surface area contributed by atoms with E-state index in [1.165, 1.54) is 30.5 Å². The van der Waals surface area contributed by atoms with Gasteiger partial charge in [0.05, 0.1) is 17.5 Å². The van der Waals surface area contributed by atoms with Crippen LogP contribution in [-0.4, -0.2) is 34.9 Å². The quantitative estimate of drug-likeness (QED) is 0.361. The first-order chi connectivity index (χ1) is 17.6. The number of halogens is 1. The van der Waals surface area contributed by atoms with Crippen LogP contribution in [-0.2, 0) is 0 Å². The minimum atomic E-state index is -0.400. The van der Waals surface area contributed by atoms with Gasteiger partial charge < -0.3 is 10.2 Å². The van der Waals surface area contributed by atoms with Crippen LogP contribution in [0.4, 0.5) is 16.0 Å². The second-order valence-corrected chi connectivity index (χ2v) is 7.86. The summed E-state index contributed by atoms with van der Waals surface area (Å²) in [5.41, 5.74) is 4.35. The predicted molar refractivity (Wildman–Crippen MR) is 131 cm³/mol. The maximum Gasteiger partial charge on any atom is 0.269 e. The molecule has 36 heavy (non-hydrogen) atoms. The van der Waals surface area contributed by atoms with Gasteiger partial charge in [-0.2, -0.15) is 5.10 Å². The van der Waals surface area contributed by atoms with Gasteiger partial charge in [-0.3, -0.25) is 9.20 Å². The van der Waals surface area contributed by atoms with E-state index in [1.54, 1.807) is 28.9 Å². The van der Waals surface area contributed by atoms with Gasteiger partial charge >= 0.3 is 0 Å². The Morgan fingerprint density at radius 3 is 2.61 bits per heavy atom. The summed E-state index contributed by atoms with van der Waals surface area (Å²) in [7, 11) is 0. The summed E-state index contributed by atoms with van der Waals surface area (Å²) in [6, 6.07) is 18.5. The number of rotatable bonds is 4. The topological polar surface area (TPSA) is 93.8 Å². The molecule has 172 valence electrons. The summed E-state index contributed by atoms with van der Waals surface area (Å²) in [4.78, 5) is 28.9. The molecule has 0 unspecified atom stereocenters. The van der Waals surface area contributed by atoms with Crippen LogP contribution < -0.4 is 5.32 Å². The molecule has 0 fully saturated rings. The second kappa shape index (κ2) is 8.41. The van der Waals surface area contributed by atoms with Gasteiger partial charge in [0.15, 0.2) is 11.5 Å². The van der Waals surface area contributed by atoms with Crippen molar-refractivity contribution in [3.05, 3.63) is 108 Å². The molecule has 0 saturated heterocycles. The molecule has 0 bridgehead atoms. The highest BCUT2D eigenvalue weighted by molar-refractivity contribution is 6.03. The maximum atomic E-state index is 13.5. The zero-order valence-corrected chi connectivity index (χ0v) is 18.5. The monoisotopic (exact) mass is 474 g/mol. The van der Waals surface area contributed by atoms with Crippen LogP contribution in [0.1, 0.15) is 10.4 Å². The SMILES string of the molecule is [C-]#[N+]c1ccc(C(=O)Nc2cn3nc(-c4c(-c5ccc(F)cc5)nc5ccccn45)ccc3n2)cn1. The van der Waals surface area contributed by atoms with Crippen molar-refractivity contribution in [2.45, 2.75) is 0 Å². The van der Waals surface area contributed by atoms with E-state index in [4.69, 9.17) is 16.7 Å². The van der Waals surface area contributed by atoms with E-state index in [2.05, 4.69) is 20.1 Å². The Balaban J connectivity index is 1.39. The third-order valence-corrected chi connectivity index (χ3v) is 5.58. The minimum absolute atomic E-state index is 0.211. The Hall–Kier alpha value is -5.43. The van der Waals surface area contributed by atoms with Crippen molar-refractivity contribution in [3.8, 4) is 22.6 Å². The van der Waals surface area contributed by atoms with Gasteiger partial charge in [-0.05, 0) is 54.6 Å². The molecule has 0 aliphatic heterocycles. The van der Waals surface area contributed by atoms with Gasteiger partial charge in [-0.1, -0.05) is 18.7 Å². The fourth-order valence-electron chi connectivity index (χ4n) is 3.89. The number of imidazole rings is 2. The molecule has 0 aliphatic carbocycles. The Morgan fingerprint density at radius 2 is 1.83 bits per heavy atom. The van der Waals surface area contributed by atoms with Crippen LogP contribution >= 0.6 is 0 Å². The third kappa shape index (κ3) is 3.70. The van der Waals surface area contributed by atoms with Crippen LogP contribution in [0.3, 0.4) is 0 Å². The number of hydrogen-bond acceptors (Lipinski definition) is 5. The lowest BCUT2D eigenvalue weighted by Crippen LogP contribution is -2.12. The first-order valence-corrected chi connectivity index (χ1v) is 10.8. The predicted octanol–water partition coefficient (Wildman–Crippen LogP) is 5.05. The van der Waals surface area contributed by atoms with E-state index in [1.807, 2.05) is 34.9 Å². The van der Waals surface area contributed by atoms with E-state index in [-0.39, 0.29) is 11.6 Å². The van der Waals surface area contributed by atoms with Crippen molar-refractivity contribution in [2.75, 3.05) is 5.32 Å². The fourth-order valence-corrected chi connectivity index (χ4v) is 3.89. The van der Waals surface area contributed by atoms with Crippen LogP contribution in [0.25, 0.3) is 38.8 Å². The number of benzene rings is 1. The molecule has 1 amide bonds. The largest absolute Gasteiger partial charge is 0.361 e. The van der Waals surface area contributed by atoms with E-state index < -0.39 is 5.91 Å². The number of nitrogens with zero attached hydrogens (tertiary/aromatic N) is 7. The number of carbonyl (C=O) groups is 1. The first kappa shape index (κ1) is 21.1. The summed E-state index contributed by atoms with van der Waals surface area (Å²) in [6.07, 6.45) is 4.85. The summed E-state index contributed by atoms with van der Waals surface area (Å²) in [5.74, 6) is -0.197. The highest BCUT2D eigenvalue weighted by Gasteiger charge is 2.18. The standard InChI is InChI=1S/C26H15FN8O/c1-28-20-11-7-17(14-29-20)26(36)31-21-15-35-23(30-21)12-10-19(33-35)25-24(16-5-8-18(27)9-6-16)32-22-4-2-3-13-34(22)25/h2-15H,(H,31,36). The van der Waals surface area contributed by atoms with Crippen molar-refractivity contribution in [1.29, 1.82) is 0 Å². The van der Waals surface area contributed by atoms with Gasteiger partial charge in [0.2, 0.25) is 0 Å². The number of nitrogens with one attached hydrogen (secondary N) is 1. The molecule has 1 N–H and O–H groups in total. The third-order valence-electron chi connectivity index (χ3n) is 5.58. The lowest BCUT2D eigenvalue weighted by molar-refractivity contribution is 0.102. The summed E-state index contributed by atoms with van der Waals surface area (Å²) in [5, 5.41) is 7.45. The van der Waals surface area contributed by atoms with Gasteiger partial charge in [0.1, 0.15) is 29.0 Å². The molecule has 0 aliphatic rings. The maximum absolute atomic E-state index is 13.5. The van der Waals surface area contributed by atoms with Crippen molar-refractivity contribution < 1.29 is 9.18 Å². The molecule has 0 radical (unpaired) electrons. The number of fused-ring (bicyclic) bond motifs is 2. The Kier molecular flexibility index (Phi) is 4.94. The zero-order valence-electron chi connectivity index (χ0n) is 18.5.